The van der Waals surface area contributed by atoms with Crippen molar-refractivity contribution in [3.63, 3.8) is 0 Å². The average molecular weight is 262 g/mol. The average Bonchev–Trinajstić information content (AvgIpc) is 2.53. The molecule has 0 aliphatic rings. The zero-order valence-corrected chi connectivity index (χ0v) is 11.6. The number of hydrogen-bond acceptors (Lipinski definition) is 1. The molecule has 0 aliphatic carbocycles. The third-order valence-corrected chi connectivity index (χ3v) is 3.14. The molecule has 0 heterocycles. The summed E-state index contributed by atoms with van der Waals surface area (Å²) in [6.45, 7) is 2.09. The van der Waals surface area contributed by atoms with Crippen molar-refractivity contribution < 1.29 is 5.11 Å². The molecule has 0 atom stereocenters. The maximum Gasteiger partial charge on any atom is 0.0656 e. The van der Waals surface area contributed by atoms with Crippen LogP contribution in [0.3, 0.4) is 0 Å². The third-order valence-electron chi connectivity index (χ3n) is 3.14. The quantitative estimate of drug-likeness (QED) is 0.832. The lowest BCUT2D eigenvalue weighted by Crippen LogP contribution is -1.95. The molecule has 0 spiro atoms. The van der Waals surface area contributed by atoms with Crippen LogP contribution >= 0.6 is 0 Å². The summed E-state index contributed by atoms with van der Waals surface area (Å²) in [5.41, 5.74) is 3.94. The lowest BCUT2D eigenvalue weighted by molar-refractivity contribution is 0.328. The molecule has 20 heavy (non-hydrogen) atoms. The molecule has 100 valence electrons. The van der Waals surface area contributed by atoms with Crippen molar-refractivity contribution in [3.8, 4) is 11.8 Å². The van der Waals surface area contributed by atoms with E-state index in [1.165, 1.54) is 0 Å². The van der Waals surface area contributed by atoms with E-state index >= 15 is 0 Å². The number of rotatable bonds is 3. The minimum Gasteiger partial charge on any atom is -0.392 e. The van der Waals surface area contributed by atoms with E-state index in [9.17, 15) is 5.11 Å². The number of allylic oxidation sites excluding steroid dienone is 1. The van der Waals surface area contributed by atoms with Crippen LogP contribution in [0.4, 0.5) is 0 Å². The fourth-order valence-electron chi connectivity index (χ4n) is 1.99. The molecular weight excluding hydrogens is 244 g/mol. The highest BCUT2D eigenvalue weighted by atomic mass is 16.3. The Labute approximate surface area is 120 Å². The second-order valence-corrected chi connectivity index (χ2v) is 4.47. The SMILES string of the molecule is CC/C(CO)=C(/C#Cc1ccccc1)c1ccccc1. The molecule has 0 amide bonds. The molecule has 1 nitrogen and oxygen atoms in total. The summed E-state index contributed by atoms with van der Waals surface area (Å²) in [7, 11) is 0. The predicted octanol–water partition coefficient (Wildman–Crippen LogP) is 3.89. The zero-order chi connectivity index (χ0) is 14.2. The van der Waals surface area contributed by atoms with Gasteiger partial charge in [-0.3, -0.25) is 0 Å². The largest absolute Gasteiger partial charge is 0.392 e. The Bertz CT molecular complexity index is 622. The summed E-state index contributed by atoms with van der Waals surface area (Å²) in [4.78, 5) is 0. The van der Waals surface area contributed by atoms with Gasteiger partial charge < -0.3 is 5.11 Å². The Balaban J connectivity index is 2.45. The molecule has 2 aromatic carbocycles. The normalized spacial score (nSPS) is 11.3. The van der Waals surface area contributed by atoms with Crippen molar-refractivity contribution in [1.29, 1.82) is 0 Å². The monoisotopic (exact) mass is 262 g/mol. The lowest BCUT2D eigenvalue weighted by Gasteiger charge is -2.07. The van der Waals surface area contributed by atoms with Crippen LogP contribution in [0.2, 0.25) is 0 Å². The van der Waals surface area contributed by atoms with E-state index in [0.717, 1.165) is 28.7 Å². The van der Waals surface area contributed by atoms with Crippen LogP contribution in [0.15, 0.2) is 66.2 Å². The van der Waals surface area contributed by atoms with E-state index in [4.69, 9.17) is 0 Å². The van der Waals surface area contributed by atoms with Gasteiger partial charge in [0.1, 0.15) is 0 Å². The lowest BCUT2D eigenvalue weighted by atomic mass is 9.98. The maximum absolute atomic E-state index is 9.53. The standard InChI is InChI=1S/C19H18O/c1-2-17(15-20)19(18-11-7-4-8-12-18)14-13-16-9-5-3-6-10-16/h3-12,20H,2,15H2,1H3/b19-17+. The van der Waals surface area contributed by atoms with Crippen molar-refractivity contribution in [2.24, 2.45) is 0 Å². The predicted molar refractivity (Wildman–Crippen MR) is 84.1 cm³/mol. The van der Waals surface area contributed by atoms with Crippen LogP contribution in [0, 0.1) is 11.8 Å². The van der Waals surface area contributed by atoms with E-state index < -0.39 is 0 Å². The second kappa shape index (κ2) is 7.33. The van der Waals surface area contributed by atoms with Crippen molar-refractivity contribution in [1.82, 2.24) is 0 Å². The third kappa shape index (κ3) is 3.60. The van der Waals surface area contributed by atoms with Crippen LogP contribution in [-0.4, -0.2) is 11.7 Å². The summed E-state index contributed by atoms with van der Waals surface area (Å²) in [5, 5.41) is 9.53. The van der Waals surface area contributed by atoms with Gasteiger partial charge in [-0.1, -0.05) is 67.3 Å². The highest BCUT2D eigenvalue weighted by Crippen LogP contribution is 2.20. The zero-order valence-electron chi connectivity index (χ0n) is 11.6. The molecule has 0 aliphatic heterocycles. The van der Waals surface area contributed by atoms with E-state index in [1.807, 2.05) is 67.6 Å². The molecule has 0 radical (unpaired) electrons. The molecule has 1 N–H and O–H groups in total. The molecule has 0 saturated carbocycles. The summed E-state index contributed by atoms with van der Waals surface area (Å²) < 4.78 is 0. The van der Waals surface area contributed by atoms with Gasteiger partial charge in [0, 0.05) is 11.1 Å². The minimum atomic E-state index is 0.0458. The van der Waals surface area contributed by atoms with E-state index in [2.05, 4.69) is 11.8 Å². The Morgan fingerprint density at radius 2 is 1.55 bits per heavy atom. The van der Waals surface area contributed by atoms with Gasteiger partial charge in [-0.05, 0) is 29.7 Å². The summed E-state index contributed by atoms with van der Waals surface area (Å²) in [6.07, 6.45) is 0.796. The smallest absolute Gasteiger partial charge is 0.0656 e. The molecule has 1 heteroatoms. The van der Waals surface area contributed by atoms with Gasteiger partial charge in [0.2, 0.25) is 0 Å². The minimum absolute atomic E-state index is 0.0458. The number of hydrogen-bond donors (Lipinski definition) is 1. The summed E-state index contributed by atoms with van der Waals surface area (Å²) >= 11 is 0. The van der Waals surface area contributed by atoms with Gasteiger partial charge in [-0.2, -0.15) is 0 Å². The van der Waals surface area contributed by atoms with Gasteiger partial charge in [-0.15, -0.1) is 0 Å². The first-order valence-corrected chi connectivity index (χ1v) is 6.80. The fourth-order valence-corrected chi connectivity index (χ4v) is 1.99. The van der Waals surface area contributed by atoms with Gasteiger partial charge in [0.05, 0.1) is 6.61 Å². The first-order valence-electron chi connectivity index (χ1n) is 6.80. The first kappa shape index (κ1) is 14.1. The van der Waals surface area contributed by atoms with Crippen molar-refractivity contribution >= 4 is 5.57 Å². The van der Waals surface area contributed by atoms with Crippen LogP contribution in [0.25, 0.3) is 5.57 Å². The highest BCUT2D eigenvalue weighted by molar-refractivity contribution is 5.82. The van der Waals surface area contributed by atoms with E-state index in [-0.39, 0.29) is 6.61 Å². The fraction of sp³-hybridized carbons (Fsp3) is 0.158. The molecule has 0 fully saturated rings. The number of aliphatic hydroxyl groups excluding tert-OH is 1. The Hall–Kier alpha value is -2.30. The number of aliphatic hydroxyl groups is 1. The van der Waals surface area contributed by atoms with Gasteiger partial charge in [0.15, 0.2) is 0 Å². The second-order valence-electron chi connectivity index (χ2n) is 4.47. The topological polar surface area (TPSA) is 20.2 Å². The number of benzene rings is 2. The van der Waals surface area contributed by atoms with Crippen molar-refractivity contribution in [2.45, 2.75) is 13.3 Å². The maximum atomic E-state index is 9.53. The van der Waals surface area contributed by atoms with Gasteiger partial charge in [0.25, 0.3) is 0 Å². The van der Waals surface area contributed by atoms with Crippen LogP contribution < -0.4 is 0 Å². The molecule has 0 saturated heterocycles. The van der Waals surface area contributed by atoms with Crippen molar-refractivity contribution in [3.05, 3.63) is 77.4 Å². The molecular formula is C19H18O. The van der Waals surface area contributed by atoms with Crippen molar-refractivity contribution in [2.75, 3.05) is 6.61 Å². The van der Waals surface area contributed by atoms with Gasteiger partial charge in [-0.25, -0.2) is 0 Å². The first-order chi connectivity index (χ1) is 9.85. The van der Waals surface area contributed by atoms with Crippen LogP contribution in [0.5, 0.6) is 0 Å². The van der Waals surface area contributed by atoms with Gasteiger partial charge >= 0.3 is 0 Å². The Morgan fingerprint density at radius 3 is 2.10 bits per heavy atom. The van der Waals surface area contributed by atoms with E-state index in [1.54, 1.807) is 0 Å². The molecule has 0 aromatic heterocycles. The molecule has 2 aromatic rings. The van der Waals surface area contributed by atoms with Crippen LogP contribution in [-0.2, 0) is 0 Å². The molecule has 0 bridgehead atoms. The molecule has 0 unspecified atom stereocenters. The summed E-state index contributed by atoms with van der Waals surface area (Å²) in [5.74, 6) is 6.40. The van der Waals surface area contributed by atoms with E-state index in [0.29, 0.717) is 0 Å². The molecule has 2 rings (SSSR count). The highest BCUT2D eigenvalue weighted by Gasteiger charge is 2.04. The van der Waals surface area contributed by atoms with Crippen LogP contribution in [0.1, 0.15) is 24.5 Å². The summed E-state index contributed by atoms with van der Waals surface area (Å²) in [6, 6.07) is 19.9. The Morgan fingerprint density at radius 1 is 0.950 bits per heavy atom. The Kier molecular flexibility index (Phi) is 5.17.